The minimum Gasteiger partial charge on any atom is -0.453 e. The quantitative estimate of drug-likeness (QED) is 0.744. The van der Waals surface area contributed by atoms with Crippen LogP contribution in [0.25, 0.3) is 10.8 Å². The fourth-order valence-corrected chi connectivity index (χ4v) is 3.43. The maximum absolute atomic E-state index is 12.6. The van der Waals surface area contributed by atoms with Gasteiger partial charge in [-0.1, -0.05) is 30.3 Å². The molecule has 2 N–H and O–H groups in total. The number of sulfonamides is 1. The lowest BCUT2D eigenvalue weighted by atomic mass is 10.1. The van der Waals surface area contributed by atoms with Gasteiger partial charge in [-0.3, -0.25) is 10.0 Å². The number of hydrogen-bond donors (Lipinski definition) is 2. The van der Waals surface area contributed by atoms with Crippen molar-refractivity contribution in [3.63, 3.8) is 0 Å². The maximum Gasteiger partial charge on any atom is 0.411 e. The van der Waals surface area contributed by atoms with Crippen LogP contribution in [0.3, 0.4) is 0 Å². The van der Waals surface area contributed by atoms with E-state index in [1.165, 1.54) is 7.11 Å². The molecule has 0 aliphatic heterocycles. The number of benzene rings is 3. The van der Waals surface area contributed by atoms with E-state index in [0.29, 0.717) is 11.4 Å². The van der Waals surface area contributed by atoms with Crippen molar-refractivity contribution < 1.29 is 17.9 Å². The average molecular weight is 356 g/mol. The second kappa shape index (κ2) is 6.82. The monoisotopic (exact) mass is 356 g/mol. The largest absolute Gasteiger partial charge is 0.453 e. The van der Waals surface area contributed by atoms with E-state index < -0.39 is 16.1 Å². The zero-order valence-corrected chi connectivity index (χ0v) is 14.2. The molecule has 0 heterocycles. The SMILES string of the molecule is COC(=O)Nc1ccc(NS(=O)(=O)c2ccc3ccccc3c2)cc1. The van der Waals surface area contributed by atoms with E-state index in [1.54, 1.807) is 42.5 Å². The van der Waals surface area contributed by atoms with Crippen molar-refractivity contribution in [3.8, 4) is 0 Å². The minimum absolute atomic E-state index is 0.183. The highest BCUT2D eigenvalue weighted by molar-refractivity contribution is 7.92. The van der Waals surface area contributed by atoms with E-state index in [4.69, 9.17) is 0 Å². The third kappa shape index (κ3) is 3.89. The molecule has 0 bridgehead atoms. The number of amides is 1. The normalized spacial score (nSPS) is 11.1. The Balaban J connectivity index is 1.81. The summed E-state index contributed by atoms with van der Waals surface area (Å²) in [6, 6.07) is 18.8. The molecular weight excluding hydrogens is 340 g/mol. The van der Waals surface area contributed by atoms with Gasteiger partial charge in [-0.05, 0) is 47.2 Å². The Morgan fingerprint density at radius 3 is 2.20 bits per heavy atom. The van der Waals surface area contributed by atoms with Gasteiger partial charge in [0.2, 0.25) is 0 Å². The first kappa shape index (κ1) is 16.8. The van der Waals surface area contributed by atoms with Crippen molar-refractivity contribution in [1.29, 1.82) is 0 Å². The van der Waals surface area contributed by atoms with E-state index in [0.717, 1.165) is 10.8 Å². The van der Waals surface area contributed by atoms with Crippen molar-refractivity contribution in [1.82, 2.24) is 0 Å². The molecule has 0 atom stereocenters. The van der Waals surface area contributed by atoms with E-state index in [1.807, 2.05) is 24.3 Å². The molecular formula is C18H16N2O4S. The Morgan fingerprint density at radius 2 is 1.52 bits per heavy atom. The molecule has 0 radical (unpaired) electrons. The number of ether oxygens (including phenoxy) is 1. The average Bonchev–Trinajstić information content (AvgIpc) is 2.62. The van der Waals surface area contributed by atoms with Crippen LogP contribution in [0.5, 0.6) is 0 Å². The zero-order valence-electron chi connectivity index (χ0n) is 13.4. The first-order chi connectivity index (χ1) is 12.0. The molecule has 0 spiro atoms. The van der Waals surface area contributed by atoms with E-state index >= 15 is 0 Å². The summed E-state index contributed by atoms with van der Waals surface area (Å²) in [4.78, 5) is 11.3. The first-order valence-corrected chi connectivity index (χ1v) is 8.93. The predicted molar refractivity (Wildman–Crippen MR) is 97.2 cm³/mol. The lowest BCUT2D eigenvalue weighted by molar-refractivity contribution is 0.187. The highest BCUT2D eigenvalue weighted by atomic mass is 32.2. The number of fused-ring (bicyclic) bond motifs is 1. The Labute approximate surface area is 145 Å². The van der Waals surface area contributed by atoms with Gasteiger partial charge in [0.25, 0.3) is 10.0 Å². The molecule has 7 heteroatoms. The van der Waals surface area contributed by atoms with Crippen LogP contribution >= 0.6 is 0 Å². The molecule has 0 saturated carbocycles. The molecule has 0 aliphatic rings. The van der Waals surface area contributed by atoms with E-state index in [2.05, 4.69) is 14.8 Å². The van der Waals surface area contributed by atoms with Crippen LogP contribution in [-0.2, 0) is 14.8 Å². The fourth-order valence-electron chi connectivity index (χ4n) is 2.34. The highest BCUT2D eigenvalue weighted by Gasteiger charge is 2.14. The second-order valence-corrected chi connectivity index (χ2v) is 6.99. The Hall–Kier alpha value is -3.06. The number of carbonyl (C=O) groups is 1. The number of nitrogens with one attached hydrogen (secondary N) is 2. The highest BCUT2D eigenvalue weighted by Crippen LogP contribution is 2.22. The van der Waals surface area contributed by atoms with Gasteiger partial charge in [0.05, 0.1) is 12.0 Å². The van der Waals surface area contributed by atoms with Crippen LogP contribution in [0.1, 0.15) is 0 Å². The molecule has 6 nitrogen and oxygen atoms in total. The fraction of sp³-hybridized carbons (Fsp3) is 0.0556. The van der Waals surface area contributed by atoms with Crippen molar-refractivity contribution in [2.24, 2.45) is 0 Å². The third-order valence-electron chi connectivity index (χ3n) is 3.60. The molecule has 1 amide bonds. The van der Waals surface area contributed by atoms with Crippen LogP contribution in [-0.4, -0.2) is 21.6 Å². The van der Waals surface area contributed by atoms with Gasteiger partial charge in [0, 0.05) is 11.4 Å². The number of methoxy groups -OCH3 is 1. The molecule has 128 valence electrons. The predicted octanol–water partition coefficient (Wildman–Crippen LogP) is 3.82. The smallest absolute Gasteiger partial charge is 0.411 e. The van der Waals surface area contributed by atoms with E-state index in [9.17, 15) is 13.2 Å². The van der Waals surface area contributed by atoms with Crippen molar-refractivity contribution in [2.75, 3.05) is 17.1 Å². The maximum atomic E-state index is 12.6. The molecule has 0 saturated heterocycles. The lowest BCUT2D eigenvalue weighted by Gasteiger charge is -2.10. The standard InChI is InChI=1S/C18H16N2O4S/c1-24-18(21)19-15-7-9-16(10-8-15)20-25(22,23)17-11-6-13-4-2-3-5-14(13)12-17/h2-12,20H,1H3,(H,19,21). The summed E-state index contributed by atoms with van der Waals surface area (Å²) in [6.45, 7) is 0. The summed E-state index contributed by atoms with van der Waals surface area (Å²) in [5, 5.41) is 4.32. The summed E-state index contributed by atoms with van der Waals surface area (Å²) < 4.78 is 32.1. The van der Waals surface area contributed by atoms with Crippen LogP contribution in [0, 0.1) is 0 Å². The number of carbonyl (C=O) groups excluding carboxylic acids is 1. The summed E-state index contributed by atoms with van der Waals surface area (Å²) >= 11 is 0. The van der Waals surface area contributed by atoms with Crippen LogP contribution in [0.15, 0.2) is 71.6 Å². The second-order valence-electron chi connectivity index (χ2n) is 5.31. The Morgan fingerprint density at radius 1 is 0.880 bits per heavy atom. The third-order valence-corrected chi connectivity index (χ3v) is 4.98. The molecule has 0 aliphatic carbocycles. The van der Waals surface area contributed by atoms with Crippen LogP contribution in [0.2, 0.25) is 0 Å². The van der Waals surface area contributed by atoms with Crippen molar-refractivity contribution >= 4 is 38.3 Å². The van der Waals surface area contributed by atoms with Gasteiger partial charge < -0.3 is 4.74 Å². The van der Waals surface area contributed by atoms with Crippen LogP contribution < -0.4 is 10.0 Å². The lowest BCUT2D eigenvalue weighted by Crippen LogP contribution is -2.13. The van der Waals surface area contributed by atoms with Gasteiger partial charge in [0.15, 0.2) is 0 Å². The van der Waals surface area contributed by atoms with Crippen molar-refractivity contribution in [3.05, 3.63) is 66.7 Å². The molecule has 3 rings (SSSR count). The molecule has 3 aromatic rings. The molecule has 0 fully saturated rings. The number of rotatable bonds is 4. The van der Waals surface area contributed by atoms with Gasteiger partial charge in [0.1, 0.15) is 0 Å². The summed E-state index contributed by atoms with van der Waals surface area (Å²) in [5.41, 5.74) is 0.893. The van der Waals surface area contributed by atoms with Gasteiger partial charge in [-0.2, -0.15) is 0 Å². The Kier molecular flexibility index (Phi) is 4.58. The van der Waals surface area contributed by atoms with Crippen molar-refractivity contribution in [2.45, 2.75) is 4.90 Å². The number of anilines is 2. The molecule has 25 heavy (non-hydrogen) atoms. The molecule has 0 unspecified atom stereocenters. The number of hydrogen-bond acceptors (Lipinski definition) is 4. The summed E-state index contributed by atoms with van der Waals surface area (Å²) in [5.74, 6) is 0. The molecule has 3 aromatic carbocycles. The minimum atomic E-state index is -3.71. The zero-order chi connectivity index (χ0) is 17.9. The Bertz CT molecular complexity index is 1010. The summed E-state index contributed by atoms with van der Waals surface area (Å²) in [6.07, 6.45) is -0.593. The van der Waals surface area contributed by atoms with Crippen LogP contribution in [0.4, 0.5) is 16.2 Å². The summed E-state index contributed by atoms with van der Waals surface area (Å²) in [7, 11) is -2.44. The van der Waals surface area contributed by atoms with Gasteiger partial charge in [-0.15, -0.1) is 0 Å². The van der Waals surface area contributed by atoms with E-state index in [-0.39, 0.29) is 4.90 Å². The van der Waals surface area contributed by atoms with Gasteiger partial charge >= 0.3 is 6.09 Å². The topological polar surface area (TPSA) is 84.5 Å². The van der Waals surface area contributed by atoms with Gasteiger partial charge in [-0.25, -0.2) is 13.2 Å². The first-order valence-electron chi connectivity index (χ1n) is 7.44. The molecule has 0 aromatic heterocycles.